The van der Waals surface area contributed by atoms with Crippen molar-refractivity contribution < 1.29 is 18.7 Å². The van der Waals surface area contributed by atoms with E-state index in [1.54, 1.807) is 0 Å². The summed E-state index contributed by atoms with van der Waals surface area (Å²) in [7, 11) is 0. The van der Waals surface area contributed by atoms with Gasteiger partial charge in [-0.05, 0) is 32.0 Å². The number of anilines is 1. The summed E-state index contributed by atoms with van der Waals surface area (Å²) in [6, 6.07) is 3.91. The molecule has 0 spiro atoms. The molecule has 0 atom stereocenters. The normalized spacial score (nSPS) is 10.7. The van der Waals surface area contributed by atoms with Crippen LogP contribution in [0.5, 0.6) is 0 Å². The van der Waals surface area contributed by atoms with Crippen LogP contribution in [0.15, 0.2) is 18.2 Å². The number of carbonyl (C=O) groups excluding carboxylic acids is 1. The molecule has 1 aromatic carbocycles. The molecule has 19 heavy (non-hydrogen) atoms. The molecule has 0 aromatic heterocycles. The zero-order valence-electron chi connectivity index (χ0n) is 11.1. The zero-order chi connectivity index (χ0) is 14.3. The Balaban J connectivity index is 2.56. The molecule has 0 heterocycles. The van der Waals surface area contributed by atoms with Crippen molar-refractivity contribution in [2.45, 2.75) is 20.1 Å². The molecule has 0 radical (unpaired) electrons. The molecule has 0 bridgehead atoms. The Morgan fingerprint density at radius 1 is 1.37 bits per heavy atom. The van der Waals surface area contributed by atoms with Crippen molar-refractivity contribution in [2.75, 3.05) is 25.5 Å². The average molecular weight is 270 g/mol. The number of hydrogen-bond donors (Lipinski definition) is 2. The number of nitrogen functional groups attached to an aromatic ring is 1. The molecule has 1 aromatic rings. The Labute approximate surface area is 111 Å². The molecule has 1 rings (SSSR count). The van der Waals surface area contributed by atoms with E-state index >= 15 is 0 Å². The zero-order valence-corrected chi connectivity index (χ0v) is 11.1. The van der Waals surface area contributed by atoms with Gasteiger partial charge in [0.05, 0.1) is 12.2 Å². The summed E-state index contributed by atoms with van der Waals surface area (Å²) in [5, 5.41) is 2.62. The van der Waals surface area contributed by atoms with E-state index in [9.17, 15) is 9.18 Å². The first-order valence-electron chi connectivity index (χ1n) is 6.14. The topological polar surface area (TPSA) is 73.6 Å². The number of halogens is 1. The minimum atomic E-state index is -0.612. The minimum Gasteiger partial charge on any atom is -0.396 e. The molecule has 0 aliphatic carbocycles. The highest BCUT2D eigenvalue weighted by Gasteiger charge is 2.12. The van der Waals surface area contributed by atoms with Crippen LogP contribution in [0.3, 0.4) is 0 Å². The molecule has 0 saturated carbocycles. The van der Waals surface area contributed by atoms with Gasteiger partial charge < -0.3 is 20.5 Å². The van der Waals surface area contributed by atoms with Crippen LogP contribution in [0.1, 0.15) is 24.2 Å². The third-order valence-electron chi connectivity index (χ3n) is 2.40. The molecule has 5 nitrogen and oxygen atoms in total. The van der Waals surface area contributed by atoms with Gasteiger partial charge in [-0.15, -0.1) is 0 Å². The van der Waals surface area contributed by atoms with Crippen LogP contribution in [0.2, 0.25) is 0 Å². The predicted octanol–water partition coefficient (Wildman–Crippen LogP) is 1.54. The highest BCUT2D eigenvalue weighted by molar-refractivity contribution is 5.94. The van der Waals surface area contributed by atoms with E-state index < -0.39 is 18.0 Å². The summed E-state index contributed by atoms with van der Waals surface area (Å²) >= 11 is 0. The van der Waals surface area contributed by atoms with E-state index in [0.29, 0.717) is 13.2 Å². The van der Waals surface area contributed by atoms with Gasteiger partial charge in [0.1, 0.15) is 5.82 Å². The van der Waals surface area contributed by atoms with Crippen molar-refractivity contribution in [3.8, 4) is 0 Å². The molecule has 1 amide bonds. The number of amides is 1. The fourth-order valence-corrected chi connectivity index (χ4v) is 1.48. The molecule has 6 heteroatoms. The van der Waals surface area contributed by atoms with Crippen LogP contribution in [0.4, 0.5) is 10.1 Å². The number of rotatable bonds is 7. The highest BCUT2D eigenvalue weighted by Crippen LogP contribution is 2.11. The van der Waals surface area contributed by atoms with Gasteiger partial charge in [-0.3, -0.25) is 4.79 Å². The first kappa shape index (κ1) is 15.4. The molecule has 0 fully saturated rings. The van der Waals surface area contributed by atoms with E-state index in [2.05, 4.69) is 5.32 Å². The number of carbonyl (C=O) groups is 1. The lowest BCUT2D eigenvalue weighted by molar-refractivity contribution is -0.131. The Kier molecular flexibility index (Phi) is 6.24. The van der Waals surface area contributed by atoms with E-state index in [-0.39, 0.29) is 17.8 Å². The molecule has 0 unspecified atom stereocenters. The summed E-state index contributed by atoms with van der Waals surface area (Å²) in [5.41, 5.74) is 5.56. The summed E-state index contributed by atoms with van der Waals surface area (Å²) in [6.45, 7) is 4.84. The van der Waals surface area contributed by atoms with Gasteiger partial charge >= 0.3 is 0 Å². The minimum absolute atomic E-state index is 0.0121. The number of benzene rings is 1. The largest absolute Gasteiger partial charge is 0.396 e. The Morgan fingerprint density at radius 2 is 2.00 bits per heavy atom. The third-order valence-corrected chi connectivity index (χ3v) is 2.40. The van der Waals surface area contributed by atoms with E-state index in [1.165, 1.54) is 12.1 Å². The summed E-state index contributed by atoms with van der Waals surface area (Å²) in [5.74, 6) is -1.01. The fraction of sp³-hybridized carbons (Fsp3) is 0.462. The quantitative estimate of drug-likeness (QED) is 0.582. The Hall–Kier alpha value is -1.66. The van der Waals surface area contributed by atoms with Crippen LogP contribution in [0, 0.1) is 5.82 Å². The average Bonchev–Trinajstić information content (AvgIpc) is 2.39. The molecular formula is C13H19FN2O3. The van der Waals surface area contributed by atoms with Crippen LogP contribution in [-0.2, 0) is 9.47 Å². The number of ether oxygens (including phenoxy) is 2. The van der Waals surface area contributed by atoms with Crippen molar-refractivity contribution in [2.24, 2.45) is 0 Å². The van der Waals surface area contributed by atoms with Gasteiger partial charge in [0, 0.05) is 18.8 Å². The second-order valence-electron chi connectivity index (χ2n) is 3.79. The molecule has 106 valence electrons. The van der Waals surface area contributed by atoms with Crippen molar-refractivity contribution in [1.82, 2.24) is 5.32 Å². The first-order chi connectivity index (χ1) is 9.08. The maximum absolute atomic E-state index is 13.2. The second kappa shape index (κ2) is 7.70. The van der Waals surface area contributed by atoms with Crippen molar-refractivity contribution in [3.63, 3.8) is 0 Å². The Bertz CT molecular complexity index is 420. The number of nitrogens with one attached hydrogen (secondary N) is 1. The van der Waals surface area contributed by atoms with Gasteiger partial charge in [-0.2, -0.15) is 0 Å². The SMILES string of the molecule is CCOC(CNC(=O)c1ccc(N)c(F)c1)OCC. The number of hydrogen-bond acceptors (Lipinski definition) is 4. The van der Waals surface area contributed by atoms with Gasteiger partial charge in [0.15, 0.2) is 6.29 Å². The highest BCUT2D eigenvalue weighted by atomic mass is 19.1. The van der Waals surface area contributed by atoms with E-state index in [1.807, 2.05) is 13.8 Å². The predicted molar refractivity (Wildman–Crippen MR) is 70.2 cm³/mol. The molecule has 3 N–H and O–H groups in total. The Morgan fingerprint density at radius 3 is 2.53 bits per heavy atom. The first-order valence-corrected chi connectivity index (χ1v) is 6.14. The molecule has 0 aliphatic rings. The number of nitrogens with two attached hydrogens (primary N) is 1. The van der Waals surface area contributed by atoms with Crippen LogP contribution < -0.4 is 11.1 Å². The van der Waals surface area contributed by atoms with Crippen molar-refractivity contribution >= 4 is 11.6 Å². The van der Waals surface area contributed by atoms with Gasteiger partial charge in [-0.25, -0.2) is 4.39 Å². The third kappa shape index (κ3) is 4.84. The monoisotopic (exact) mass is 270 g/mol. The summed E-state index contributed by atoms with van der Waals surface area (Å²) < 4.78 is 23.8. The molecule has 0 saturated heterocycles. The standard InChI is InChI=1S/C13H19FN2O3/c1-3-18-12(19-4-2)8-16-13(17)9-5-6-11(15)10(14)7-9/h5-7,12H,3-4,8,15H2,1-2H3,(H,16,17). The fourth-order valence-electron chi connectivity index (χ4n) is 1.48. The second-order valence-corrected chi connectivity index (χ2v) is 3.79. The van der Waals surface area contributed by atoms with Gasteiger partial charge in [0.25, 0.3) is 5.91 Å². The van der Waals surface area contributed by atoms with Crippen LogP contribution in [0.25, 0.3) is 0 Å². The van der Waals surface area contributed by atoms with Crippen LogP contribution >= 0.6 is 0 Å². The lowest BCUT2D eigenvalue weighted by Gasteiger charge is -2.17. The van der Waals surface area contributed by atoms with E-state index in [0.717, 1.165) is 6.07 Å². The lowest BCUT2D eigenvalue weighted by Crippen LogP contribution is -2.35. The molecular weight excluding hydrogens is 251 g/mol. The maximum Gasteiger partial charge on any atom is 0.251 e. The summed E-state index contributed by atoms with van der Waals surface area (Å²) in [6.07, 6.45) is -0.502. The smallest absolute Gasteiger partial charge is 0.251 e. The van der Waals surface area contributed by atoms with Crippen molar-refractivity contribution in [3.05, 3.63) is 29.6 Å². The maximum atomic E-state index is 13.2. The van der Waals surface area contributed by atoms with Gasteiger partial charge in [-0.1, -0.05) is 0 Å². The molecule has 0 aliphatic heterocycles. The van der Waals surface area contributed by atoms with Gasteiger partial charge in [0.2, 0.25) is 0 Å². The van der Waals surface area contributed by atoms with Crippen LogP contribution in [-0.4, -0.2) is 32.0 Å². The van der Waals surface area contributed by atoms with E-state index in [4.69, 9.17) is 15.2 Å². The van der Waals surface area contributed by atoms with Crippen molar-refractivity contribution in [1.29, 1.82) is 0 Å². The summed E-state index contributed by atoms with van der Waals surface area (Å²) in [4.78, 5) is 11.8. The lowest BCUT2D eigenvalue weighted by atomic mass is 10.2.